The number of aromatic nitrogens is 2. The predicted octanol–water partition coefficient (Wildman–Crippen LogP) is 9.74. The third-order valence-corrected chi connectivity index (χ3v) is 10.1. The molecule has 0 unspecified atom stereocenters. The van der Waals surface area contributed by atoms with Crippen molar-refractivity contribution in [1.29, 1.82) is 0 Å². The van der Waals surface area contributed by atoms with Gasteiger partial charge in [0.2, 0.25) is 0 Å². The van der Waals surface area contributed by atoms with E-state index in [1.54, 1.807) is 6.07 Å². The van der Waals surface area contributed by atoms with Gasteiger partial charge in [-0.15, -0.1) is 53.6 Å². The first kappa shape index (κ1) is 31.9. The molecule has 0 spiro atoms. The number of fused-ring (bicyclic) bond motifs is 3. The molecule has 0 atom stereocenters. The number of hydrogen-bond acceptors (Lipinski definition) is 3. The molecule has 0 amide bonds. The predicted molar refractivity (Wildman–Crippen MR) is 176 cm³/mol. The molecule has 0 N–H and O–H groups in total. The van der Waals surface area contributed by atoms with Crippen molar-refractivity contribution in [3.8, 4) is 22.5 Å². The van der Waals surface area contributed by atoms with Gasteiger partial charge in [-0.05, 0) is 50.6 Å². The molecule has 2 nitrogen and oxygen atoms in total. The van der Waals surface area contributed by atoms with Gasteiger partial charge >= 0.3 is 0 Å². The Kier molecular flexibility index (Phi) is 9.94. The van der Waals surface area contributed by atoms with Crippen LogP contribution >= 0.6 is 11.3 Å². The Bertz CT molecular complexity index is 1780. The van der Waals surface area contributed by atoms with Crippen LogP contribution < -0.4 is 5.19 Å². The number of thiophene rings is 1. The number of rotatable bonds is 4. The Morgan fingerprint density at radius 3 is 2.31 bits per heavy atom. The SMILES string of the molecule is CC(C)(C)Cc1ccnc(-c2[c-]ccc3c2sc2ccccc23)c1.C[Si](C)(C)c1ccc(-c2[c-]cc(F)cc2)nc1.[Ir]. The molecule has 0 fully saturated rings. The maximum absolute atomic E-state index is 12.8. The fourth-order valence-electron chi connectivity index (χ4n) is 4.78. The summed E-state index contributed by atoms with van der Waals surface area (Å²) in [6, 6.07) is 32.0. The van der Waals surface area contributed by atoms with Crippen molar-refractivity contribution < 1.29 is 24.5 Å². The molecule has 6 heteroatoms. The van der Waals surface area contributed by atoms with Gasteiger partial charge < -0.3 is 9.97 Å². The van der Waals surface area contributed by atoms with Crippen LogP contribution in [0.2, 0.25) is 19.6 Å². The van der Waals surface area contributed by atoms with Crippen LogP contribution in [0.15, 0.2) is 91.3 Å². The first-order valence-electron chi connectivity index (χ1n) is 13.9. The molecule has 3 heterocycles. The van der Waals surface area contributed by atoms with Crippen LogP contribution in [-0.4, -0.2) is 18.0 Å². The second kappa shape index (κ2) is 13.1. The molecule has 1 radical (unpaired) electrons. The normalized spacial score (nSPS) is 11.6. The number of benzene rings is 3. The van der Waals surface area contributed by atoms with Crippen molar-refractivity contribution >= 4 is 44.8 Å². The van der Waals surface area contributed by atoms with Crippen LogP contribution in [0, 0.1) is 23.4 Å². The topological polar surface area (TPSA) is 25.8 Å². The third kappa shape index (κ3) is 7.67. The van der Waals surface area contributed by atoms with E-state index >= 15 is 0 Å². The molecule has 0 bridgehead atoms. The van der Waals surface area contributed by atoms with E-state index in [1.165, 1.54) is 43.1 Å². The van der Waals surface area contributed by atoms with Gasteiger partial charge in [0.05, 0.1) is 8.07 Å². The smallest absolute Gasteiger partial charge is 0.0795 e. The Morgan fingerprint density at radius 1 is 0.857 bits per heavy atom. The minimum atomic E-state index is -1.30. The first-order valence-corrected chi connectivity index (χ1v) is 18.2. The fraction of sp³-hybridized carbons (Fsp3) is 0.222. The van der Waals surface area contributed by atoms with Crippen LogP contribution in [0.4, 0.5) is 4.39 Å². The minimum absolute atomic E-state index is 0. The monoisotopic (exact) mass is 767 g/mol. The number of halogens is 1. The second-order valence-electron chi connectivity index (χ2n) is 12.6. The maximum atomic E-state index is 12.8. The van der Waals surface area contributed by atoms with Crippen LogP contribution in [0.1, 0.15) is 26.3 Å². The van der Waals surface area contributed by atoms with Gasteiger partial charge in [-0.2, -0.15) is 11.3 Å². The number of hydrogen-bond donors (Lipinski definition) is 0. The molecule has 0 saturated carbocycles. The second-order valence-corrected chi connectivity index (χ2v) is 18.7. The molecule has 6 rings (SSSR count). The largest absolute Gasteiger partial charge is 0.305 e. The van der Waals surface area contributed by atoms with Gasteiger partial charge in [-0.1, -0.05) is 87.8 Å². The zero-order chi connectivity index (χ0) is 29.2. The van der Waals surface area contributed by atoms with E-state index in [4.69, 9.17) is 0 Å². The molecule has 217 valence electrons. The van der Waals surface area contributed by atoms with E-state index < -0.39 is 8.07 Å². The van der Waals surface area contributed by atoms with Crippen molar-refractivity contribution in [3.05, 3.63) is 115 Å². The van der Waals surface area contributed by atoms with Crippen molar-refractivity contribution in [2.24, 2.45) is 5.41 Å². The molecule has 3 aromatic carbocycles. The average molecular weight is 767 g/mol. The van der Waals surface area contributed by atoms with Crippen molar-refractivity contribution in [1.82, 2.24) is 9.97 Å². The van der Waals surface area contributed by atoms with Gasteiger partial charge in [-0.25, -0.2) is 0 Å². The van der Waals surface area contributed by atoms with E-state index in [-0.39, 0.29) is 31.3 Å². The Labute approximate surface area is 267 Å². The van der Waals surface area contributed by atoms with Crippen LogP contribution in [0.25, 0.3) is 42.7 Å². The van der Waals surface area contributed by atoms with Crippen molar-refractivity contribution in [2.75, 3.05) is 0 Å². The minimum Gasteiger partial charge on any atom is -0.305 e. The molecule has 6 aromatic rings. The molecular formula is C36H35FIrN2SSi-2. The van der Waals surface area contributed by atoms with Gasteiger partial charge in [0.1, 0.15) is 0 Å². The summed E-state index contributed by atoms with van der Waals surface area (Å²) in [7, 11) is -1.30. The standard InChI is InChI=1S/C22H20NS.C14H15FNSi.Ir/c1-22(2,3)14-15-11-12-23-19(13-15)18-9-6-8-17-16-7-4-5-10-20(16)24-21(17)18;1-17(2,3)13-8-9-14(16-10-13)11-4-6-12(15)7-5-11;/h4-8,10-13H,14H2,1-3H3;4,6-10H,1-3H3;/q2*-1;. The van der Waals surface area contributed by atoms with Gasteiger partial charge in [0.15, 0.2) is 0 Å². The molecule has 3 aromatic heterocycles. The number of nitrogens with zero attached hydrogens (tertiary/aromatic N) is 2. The summed E-state index contributed by atoms with van der Waals surface area (Å²) in [5, 5.41) is 3.94. The number of pyridine rings is 2. The van der Waals surface area contributed by atoms with Crippen LogP contribution in [0.5, 0.6) is 0 Å². The zero-order valence-electron chi connectivity index (χ0n) is 24.9. The fourth-order valence-corrected chi connectivity index (χ4v) is 7.02. The molecule has 42 heavy (non-hydrogen) atoms. The van der Waals surface area contributed by atoms with Crippen LogP contribution in [0.3, 0.4) is 0 Å². The van der Waals surface area contributed by atoms with Crippen molar-refractivity contribution in [2.45, 2.75) is 46.8 Å². The summed E-state index contributed by atoms with van der Waals surface area (Å²) in [5.41, 5.74) is 5.41. The summed E-state index contributed by atoms with van der Waals surface area (Å²) in [4.78, 5) is 9.06. The summed E-state index contributed by atoms with van der Waals surface area (Å²) in [6.45, 7) is 13.7. The Hall–Kier alpha value is -3.02. The van der Waals surface area contributed by atoms with E-state index in [1.807, 2.05) is 35.9 Å². The van der Waals surface area contributed by atoms with E-state index in [0.29, 0.717) is 0 Å². The van der Waals surface area contributed by atoms with Gasteiger partial charge in [0, 0.05) is 43.0 Å². The molecule has 0 saturated heterocycles. The molecule has 0 aliphatic rings. The maximum Gasteiger partial charge on any atom is 0.0795 e. The van der Waals surface area contributed by atoms with Crippen molar-refractivity contribution in [3.63, 3.8) is 0 Å². The average Bonchev–Trinajstić information content (AvgIpc) is 3.32. The van der Waals surface area contributed by atoms with E-state index in [0.717, 1.165) is 28.9 Å². The summed E-state index contributed by atoms with van der Waals surface area (Å²) >= 11 is 1.83. The molecular weight excluding hydrogens is 732 g/mol. The van der Waals surface area contributed by atoms with E-state index in [2.05, 4.69) is 111 Å². The van der Waals surface area contributed by atoms with E-state index in [9.17, 15) is 4.39 Å². The van der Waals surface area contributed by atoms with Crippen LogP contribution in [-0.2, 0) is 26.5 Å². The van der Waals surface area contributed by atoms with Gasteiger partial charge in [-0.3, -0.25) is 4.39 Å². The Balaban J connectivity index is 0.000000200. The van der Waals surface area contributed by atoms with Gasteiger partial charge in [0.25, 0.3) is 0 Å². The first-order chi connectivity index (χ1) is 19.5. The quantitative estimate of drug-likeness (QED) is 0.132. The summed E-state index contributed by atoms with van der Waals surface area (Å²) < 4.78 is 15.4. The zero-order valence-corrected chi connectivity index (χ0v) is 29.1. The Morgan fingerprint density at radius 2 is 1.64 bits per heavy atom. The summed E-state index contributed by atoms with van der Waals surface area (Å²) in [6.07, 6.45) is 4.90. The molecule has 0 aliphatic heterocycles. The third-order valence-electron chi connectivity index (χ3n) is 6.83. The summed E-state index contributed by atoms with van der Waals surface area (Å²) in [5.74, 6) is -0.271. The molecule has 0 aliphatic carbocycles.